The van der Waals surface area contributed by atoms with Crippen molar-refractivity contribution < 1.29 is 19.4 Å². The smallest absolute Gasteiger partial charge is 0.317 e. The highest BCUT2D eigenvalue weighted by Gasteiger charge is 2.20. The summed E-state index contributed by atoms with van der Waals surface area (Å²) in [5.41, 5.74) is 0.858. The average Bonchev–Trinajstić information content (AvgIpc) is 2.45. The molecule has 1 atom stereocenters. The molecule has 7 nitrogen and oxygen atoms in total. The van der Waals surface area contributed by atoms with Gasteiger partial charge < -0.3 is 20.1 Å². The number of aromatic nitrogens is 1. The van der Waals surface area contributed by atoms with E-state index in [1.165, 1.54) is 12.0 Å². The van der Waals surface area contributed by atoms with Gasteiger partial charge in [-0.1, -0.05) is 0 Å². The monoisotopic (exact) mass is 295 g/mol. The second-order valence-electron chi connectivity index (χ2n) is 4.60. The Hall–Kier alpha value is -2.31. The number of carboxylic acids is 1. The standard InChI is InChI=1S/C14H21N3O4/c1-4-17(10(2)7-13(18)19)14(20)16-9-11-5-6-15-12(8-11)21-3/h5-6,8,10H,4,7,9H2,1-3H3,(H,16,20)(H,18,19). The summed E-state index contributed by atoms with van der Waals surface area (Å²) in [4.78, 5) is 28.3. The lowest BCUT2D eigenvalue weighted by Gasteiger charge is -2.27. The molecule has 0 radical (unpaired) electrons. The van der Waals surface area contributed by atoms with Gasteiger partial charge in [-0.15, -0.1) is 0 Å². The van der Waals surface area contributed by atoms with Crippen LogP contribution in [0.3, 0.4) is 0 Å². The number of amides is 2. The number of methoxy groups -OCH3 is 1. The number of urea groups is 1. The molecule has 0 aromatic carbocycles. The van der Waals surface area contributed by atoms with E-state index in [1.54, 1.807) is 25.3 Å². The van der Waals surface area contributed by atoms with Gasteiger partial charge in [-0.25, -0.2) is 9.78 Å². The summed E-state index contributed by atoms with van der Waals surface area (Å²) in [6, 6.07) is 2.86. The summed E-state index contributed by atoms with van der Waals surface area (Å²) < 4.78 is 5.01. The summed E-state index contributed by atoms with van der Waals surface area (Å²) in [6.45, 7) is 4.30. The van der Waals surface area contributed by atoms with Crippen molar-refractivity contribution in [1.82, 2.24) is 15.2 Å². The van der Waals surface area contributed by atoms with Crippen molar-refractivity contribution in [1.29, 1.82) is 0 Å². The number of nitrogens with zero attached hydrogens (tertiary/aromatic N) is 2. The number of aliphatic carboxylic acids is 1. The van der Waals surface area contributed by atoms with Crippen LogP contribution in [-0.4, -0.2) is 46.7 Å². The number of hydrogen-bond donors (Lipinski definition) is 2. The Balaban J connectivity index is 2.59. The van der Waals surface area contributed by atoms with Crippen LogP contribution in [0.1, 0.15) is 25.8 Å². The number of nitrogens with one attached hydrogen (secondary N) is 1. The predicted molar refractivity (Wildman–Crippen MR) is 77.1 cm³/mol. The van der Waals surface area contributed by atoms with Gasteiger partial charge in [0.15, 0.2) is 0 Å². The van der Waals surface area contributed by atoms with E-state index in [0.29, 0.717) is 19.0 Å². The van der Waals surface area contributed by atoms with Crippen molar-refractivity contribution in [2.45, 2.75) is 32.9 Å². The molecule has 1 aromatic heterocycles. The first-order valence-corrected chi connectivity index (χ1v) is 6.73. The average molecular weight is 295 g/mol. The van der Waals surface area contributed by atoms with Gasteiger partial charge in [0.1, 0.15) is 0 Å². The Kier molecular flexibility index (Phi) is 6.45. The maximum Gasteiger partial charge on any atom is 0.317 e. The van der Waals surface area contributed by atoms with Crippen LogP contribution in [0.25, 0.3) is 0 Å². The summed E-state index contributed by atoms with van der Waals surface area (Å²) in [7, 11) is 1.52. The van der Waals surface area contributed by atoms with Crippen LogP contribution in [0.4, 0.5) is 4.79 Å². The summed E-state index contributed by atoms with van der Waals surface area (Å²) >= 11 is 0. The largest absolute Gasteiger partial charge is 0.481 e. The third kappa shape index (κ3) is 5.29. The Morgan fingerprint density at radius 3 is 2.81 bits per heavy atom. The lowest BCUT2D eigenvalue weighted by Crippen LogP contribution is -2.45. The minimum absolute atomic E-state index is 0.0790. The van der Waals surface area contributed by atoms with Crippen LogP contribution in [0.2, 0.25) is 0 Å². The van der Waals surface area contributed by atoms with Gasteiger partial charge in [-0.3, -0.25) is 4.79 Å². The fourth-order valence-corrected chi connectivity index (χ4v) is 1.97. The van der Waals surface area contributed by atoms with E-state index in [1.807, 2.05) is 6.92 Å². The Morgan fingerprint density at radius 1 is 1.52 bits per heavy atom. The Bertz CT molecular complexity index is 493. The van der Waals surface area contributed by atoms with E-state index in [2.05, 4.69) is 10.3 Å². The van der Waals surface area contributed by atoms with Crippen molar-refractivity contribution in [2.75, 3.05) is 13.7 Å². The van der Waals surface area contributed by atoms with Crippen molar-refractivity contribution >= 4 is 12.0 Å². The molecule has 0 aliphatic heterocycles. The molecule has 2 amide bonds. The zero-order chi connectivity index (χ0) is 15.8. The second-order valence-corrected chi connectivity index (χ2v) is 4.60. The molecule has 1 rings (SSSR count). The predicted octanol–water partition coefficient (Wildman–Crippen LogP) is 1.48. The quantitative estimate of drug-likeness (QED) is 0.795. The van der Waals surface area contributed by atoms with E-state index in [9.17, 15) is 9.59 Å². The third-order valence-electron chi connectivity index (χ3n) is 3.06. The number of rotatable bonds is 7. The molecule has 0 spiro atoms. The highest BCUT2D eigenvalue weighted by molar-refractivity contribution is 5.75. The number of carboxylic acid groups (broad SMARTS) is 1. The molecule has 0 fully saturated rings. The van der Waals surface area contributed by atoms with E-state index >= 15 is 0 Å². The fourth-order valence-electron chi connectivity index (χ4n) is 1.97. The molecule has 1 aromatic rings. The maximum absolute atomic E-state index is 12.1. The molecule has 0 aliphatic carbocycles. The van der Waals surface area contributed by atoms with Crippen LogP contribution in [0, 0.1) is 0 Å². The molecule has 0 saturated carbocycles. The number of hydrogen-bond acceptors (Lipinski definition) is 4. The lowest BCUT2D eigenvalue weighted by molar-refractivity contribution is -0.138. The molecule has 2 N–H and O–H groups in total. The second kappa shape index (κ2) is 8.08. The highest BCUT2D eigenvalue weighted by atomic mass is 16.5. The number of carbonyl (C=O) groups is 2. The molecule has 116 valence electrons. The molecular formula is C14H21N3O4. The van der Waals surface area contributed by atoms with E-state index in [4.69, 9.17) is 9.84 Å². The molecule has 1 heterocycles. The van der Waals surface area contributed by atoms with Gasteiger partial charge in [-0.05, 0) is 25.5 Å². The van der Waals surface area contributed by atoms with Crippen LogP contribution in [0.15, 0.2) is 18.3 Å². The summed E-state index contributed by atoms with van der Waals surface area (Å²) in [6.07, 6.45) is 1.52. The number of carbonyl (C=O) groups excluding carboxylic acids is 1. The molecular weight excluding hydrogens is 274 g/mol. The summed E-state index contributed by atoms with van der Waals surface area (Å²) in [5, 5.41) is 11.6. The first-order chi connectivity index (χ1) is 9.97. The van der Waals surface area contributed by atoms with Crippen LogP contribution in [-0.2, 0) is 11.3 Å². The minimum atomic E-state index is -0.923. The first kappa shape index (κ1) is 16.7. The number of ether oxygens (including phenoxy) is 1. The summed E-state index contributed by atoms with van der Waals surface area (Å²) in [5.74, 6) is -0.444. The highest BCUT2D eigenvalue weighted by Crippen LogP contribution is 2.09. The van der Waals surface area contributed by atoms with Crippen LogP contribution in [0.5, 0.6) is 5.88 Å². The third-order valence-corrected chi connectivity index (χ3v) is 3.06. The van der Waals surface area contributed by atoms with Crippen LogP contribution < -0.4 is 10.1 Å². The van der Waals surface area contributed by atoms with E-state index in [0.717, 1.165) is 5.56 Å². The number of pyridine rings is 1. The zero-order valence-electron chi connectivity index (χ0n) is 12.5. The van der Waals surface area contributed by atoms with Crippen molar-refractivity contribution in [3.63, 3.8) is 0 Å². The fraction of sp³-hybridized carbons (Fsp3) is 0.500. The molecule has 21 heavy (non-hydrogen) atoms. The normalized spacial score (nSPS) is 11.6. The van der Waals surface area contributed by atoms with Crippen LogP contribution >= 0.6 is 0 Å². The molecule has 7 heteroatoms. The van der Waals surface area contributed by atoms with Gasteiger partial charge in [0.25, 0.3) is 0 Å². The zero-order valence-corrected chi connectivity index (χ0v) is 12.5. The van der Waals surface area contributed by atoms with Crippen molar-refractivity contribution in [2.24, 2.45) is 0 Å². The van der Waals surface area contributed by atoms with Gasteiger partial charge in [0.2, 0.25) is 5.88 Å². The first-order valence-electron chi connectivity index (χ1n) is 6.73. The van der Waals surface area contributed by atoms with E-state index < -0.39 is 5.97 Å². The van der Waals surface area contributed by atoms with Gasteiger partial charge in [-0.2, -0.15) is 0 Å². The van der Waals surface area contributed by atoms with Crippen molar-refractivity contribution in [3.05, 3.63) is 23.9 Å². The Labute approximate surface area is 123 Å². The topological polar surface area (TPSA) is 91.8 Å². The van der Waals surface area contributed by atoms with Gasteiger partial charge in [0.05, 0.1) is 13.5 Å². The Morgan fingerprint density at radius 2 is 2.24 bits per heavy atom. The minimum Gasteiger partial charge on any atom is -0.481 e. The van der Waals surface area contributed by atoms with E-state index in [-0.39, 0.29) is 18.5 Å². The molecule has 0 saturated heterocycles. The van der Waals surface area contributed by atoms with Crippen molar-refractivity contribution in [3.8, 4) is 5.88 Å². The SMILES string of the molecule is CCN(C(=O)NCc1ccnc(OC)c1)C(C)CC(=O)O. The lowest BCUT2D eigenvalue weighted by atomic mass is 10.2. The van der Waals surface area contributed by atoms with Gasteiger partial charge in [0, 0.05) is 31.4 Å². The maximum atomic E-state index is 12.1. The molecule has 1 unspecified atom stereocenters. The van der Waals surface area contributed by atoms with Gasteiger partial charge >= 0.3 is 12.0 Å². The molecule has 0 aliphatic rings. The molecule has 0 bridgehead atoms.